The number of imide groups is 1. The molecule has 0 aromatic carbocycles. The molecule has 0 spiro atoms. The van der Waals surface area contributed by atoms with Gasteiger partial charge in [-0.3, -0.25) is 14.5 Å². The van der Waals surface area contributed by atoms with Crippen molar-refractivity contribution in [2.45, 2.75) is 33.1 Å². The molecule has 2 fully saturated rings. The number of esters is 1. The predicted molar refractivity (Wildman–Crippen MR) is 72.5 cm³/mol. The van der Waals surface area contributed by atoms with E-state index in [-0.39, 0.29) is 36.8 Å². The summed E-state index contributed by atoms with van der Waals surface area (Å²) in [6.45, 7) is 7.35. The largest absolute Gasteiger partial charge is 0.460 e. The van der Waals surface area contributed by atoms with Gasteiger partial charge in [0.15, 0.2) is 0 Å². The summed E-state index contributed by atoms with van der Waals surface area (Å²) in [7, 11) is 0. The number of fused-ring (bicyclic) bond motifs is 1. The Morgan fingerprint density at radius 2 is 1.95 bits per heavy atom. The second-order valence-electron chi connectivity index (χ2n) is 5.88. The average molecular weight is 279 g/mol. The number of rotatable bonds is 4. The molecule has 1 saturated heterocycles. The Bertz CT molecular complexity index is 457. The summed E-state index contributed by atoms with van der Waals surface area (Å²) in [6, 6.07) is 0. The van der Waals surface area contributed by atoms with E-state index in [2.05, 4.69) is 13.5 Å². The lowest BCUT2D eigenvalue weighted by molar-refractivity contribution is -0.145. The van der Waals surface area contributed by atoms with Gasteiger partial charge in [-0.25, -0.2) is 4.79 Å². The molecule has 1 aliphatic carbocycles. The summed E-state index contributed by atoms with van der Waals surface area (Å²) in [5, 5.41) is 0. The van der Waals surface area contributed by atoms with Crippen LogP contribution in [0, 0.1) is 17.8 Å². The number of carbonyl (C=O) groups is 3. The van der Waals surface area contributed by atoms with Gasteiger partial charge >= 0.3 is 5.97 Å². The monoisotopic (exact) mass is 279 g/mol. The first-order chi connectivity index (χ1) is 9.41. The molecule has 5 heteroatoms. The summed E-state index contributed by atoms with van der Waals surface area (Å²) >= 11 is 0. The zero-order valence-corrected chi connectivity index (χ0v) is 12.1. The van der Waals surface area contributed by atoms with E-state index >= 15 is 0 Å². The maximum absolute atomic E-state index is 12.3. The molecule has 2 rings (SSSR count). The molecule has 5 nitrogen and oxygen atoms in total. The highest BCUT2D eigenvalue weighted by Gasteiger charge is 2.49. The summed E-state index contributed by atoms with van der Waals surface area (Å²) in [5.41, 5.74) is 0.312. The predicted octanol–water partition coefficient (Wildman–Crippen LogP) is 1.53. The average Bonchev–Trinajstić information content (AvgIpc) is 2.63. The van der Waals surface area contributed by atoms with Crippen LogP contribution in [0.3, 0.4) is 0 Å². The molecule has 0 aromatic heterocycles. The van der Waals surface area contributed by atoms with Gasteiger partial charge in [0.1, 0.15) is 6.61 Å². The zero-order chi connectivity index (χ0) is 14.9. The third kappa shape index (κ3) is 2.76. The lowest BCUT2D eigenvalue weighted by Gasteiger charge is -2.25. The molecule has 3 atom stereocenters. The molecule has 0 radical (unpaired) electrons. The van der Waals surface area contributed by atoms with Crippen LogP contribution in [0.5, 0.6) is 0 Å². The second-order valence-corrected chi connectivity index (χ2v) is 5.88. The highest BCUT2D eigenvalue weighted by atomic mass is 16.5. The standard InChI is InChI=1S/C15H21NO4/c1-9(2)15(19)20-7-6-16-13(17)11-5-4-10(3)8-12(11)14(16)18/h10-12H,1,4-8H2,2-3H3. The SMILES string of the molecule is C=C(C)C(=O)OCCN1C(=O)C2CCC(C)CC2C1=O. The Balaban J connectivity index is 1.92. The van der Waals surface area contributed by atoms with Gasteiger partial charge in [0.2, 0.25) is 11.8 Å². The molecule has 0 aromatic rings. The first kappa shape index (κ1) is 14.8. The Kier molecular flexibility index (Phi) is 4.26. The van der Waals surface area contributed by atoms with E-state index in [0.29, 0.717) is 11.5 Å². The molecular formula is C15H21NO4. The second kappa shape index (κ2) is 5.77. The number of likely N-dealkylation sites (tertiary alicyclic amines) is 1. The van der Waals surface area contributed by atoms with E-state index < -0.39 is 5.97 Å². The van der Waals surface area contributed by atoms with Gasteiger partial charge in [-0.2, -0.15) is 0 Å². The van der Waals surface area contributed by atoms with E-state index in [4.69, 9.17) is 4.74 Å². The fraction of sp³-hybridized carbons (Fsp3) is 0.667. The molecule has 2 aliphatic rings. The van der Waals surface area contributed by atoms with Crippen LogP contribution in [0.1, 0.15) is 33.1 Å². The topological polar surface area (TPSA) is 63.7 Å². The van der Waals surface area contributed by atoms with Crippen LogP contribution in [-0.4, -0.2) is 35.8 Å². The summed E-state index contributed by atoms with van der Waals surface area (Å²) in [4.78, 5) is 37.0. The molecule has 2 amide bonds. The van der Waals surface area contributed by atoms with Crippen molar-refractivity contribution in [3.8, 4) is 0 Å². The fourth-order valence-corrected chi connectivity index (χ4v) is 3.03. The molecular weight excluding hydrogens is 258 g/mol. The molecule has 1 saturated carbocycles. The van der Waals surface area contributed by atoms with Crippen molar-refractivity contribution in [2.24, 2.45) is 17.8 Å². The highest BCUT2D eigenvalue weighted by molar-refractivity contribution is 6.05. The molecule has 3 unspecified atom stereocenters. The van der Waals surface area contributed by atoms with Gasteiger partial charge in [-0.1, -0.05) is 13.5 Å². The van der Waals surface area contributed by atoms with Crippen molar-refractivity contribution in [1.29, 1.82) is 0 Å². The first-order valence-electron chi connectivity index (χ1n) is 7.09. The van der Waals surface area contributed by atoms with Crippen molar-refractivity contribution in [3.63, 3.8) is 0 Å². The van der Waals surface area contributed by atoms with Crippen molar-refractivity contribution >= 4 is 17.8 Å². The normalized spacial score (nSPS) is 29.3. The number of hydrogen-bond acceptors (Lipinski definition) is 4. The maximum Gasteiger partial charge on any atom is 0.333 e. The minimum absolute atomic E-state index is 0.0398. The smallest absolute Gasteiger partial charge is 0.333 e. The molecule has 0 N–H and O–H groups in total. The van der Waals surface area contributed by atoms with E-state index in [1.165, 1.54) is 4.90 Å². The number of hydrogen-bond donors (Lipinski definition) is 0. The summed E-state index contributed by atoms with van der Waals surface area (Å²) < 4.78 is 4.95. The maximum atomic E-state index is 12.3. The molecule has 110 valence electrons. The van der Waals surface area contributed by atoms with E-state index in [9.17, 15) is 14.4 Å². The number of carbonyl (C=O) groups excluding carboxylic acids is 3. The van der Waals surface area contributed by atoms with Crippen molar-refractivity contribution in [3.05, 3.63) is 12.2 Å². The van der Waals surface area contributed by atoms with Crippen LogP contribution in [0.4, 0.5) is 0 Å². The number of amides is 2. The zero-order valence-electron chi connectivity index (χ0n) is 12.1. The molecule has 0 bridgehead atoms. The summed E-state index contributed by atoms with van der Waals surface area (Å²) in [6.07, 6.45) is 2.58. The highest BCUT2D eigenvalue weighted by Crippen LogP contribution is 2.40. The van der Waals surface area contributed by atoms with E-state index in [0.717, 1.165) is 19.3 Å². The Hall–Kier alpha value is -1.65. The van der Waals surface area contributed by atoms with Gasteiger partial charge in [0, 0.05) is 5.57 Å². The number of nitrogens with zero attached hydrogens (tertiary/aromatic N) is 1. The van der Waals surface area contributed by atoms with Crippen LogP contribution in [0.2, 0.25) is 0 Å². The van der Waals surface area contributed by atoms with Gasteiger partial charge in [0.25, 0.3) is 0 Å². The minimum Gasteiger partial charge on any atom is -0.460 e. The van der Waals surface area contributed by atoms with Crippen LogP contribution in [0.25, 0.3) is 0 Å². The van der Waals surface area contributed by atoms with Gasteiger partial charge in [0.05, 0.1) is 18.4 Å². The molecule has 1 aliphatic heterocycles. The fourth-order valence-electron chi connectivity index (χ4n) is 3.03. The molecule has 1 heterocycles. The minimum atomic E-state index is -0.491. The van der Waals surface area contributed by atoms with Crippen LogP contribution >= 0.6 is 0 Å². The van der Waals surface area contributed by atoms with E-state index in [1.807, 2.05) is 0 Å². The van der Waals surface area contributed by atoms with Crippen LogP contribution in [0.15, 0.2) is 12.2 Å². The number of ether oxygens (including phenoxy) is 1. The van der Waals surface area contributed by atoms with Crippen molar-refractivity contribution in [2.75, 3.05) is 13.2 Å². The van der Waals surface area contributed by atoms with E-state index in [1.54, 1.807) is 6.92 Å². The van der Waals surface area contributed by atoms with Crippen molar-refractivity contribution < 1.29 is 19.1 Å². The lowest BCUT2D eigenvalue weighted by atomic mass is 9.76. The molecule has 20 heavy (non-hydrogen) atoms. The quantitative estimate of drug-likeness (QED) is 0.445. The third-order valence-corrected chi connectivity index (χ3v) is 4.18. The van der Waals surface area contributed by atoms with Crippen LogP contribution < -0.4 is 0 Å². The Morgan fingerprint density at radius 1 is 1.30 bits per heavy atom. The van der Waals surface area contributed by atoms with Gasteiger partial charge < -0.3 is 4.74 Å². The van der Waals surface area contributed by atoms with Gasteiger partial charge in [-0.05, 0) is 32.1 Å². The lowest BCUT2D eigenvalue weighted by Crippen LogP contribution is -2.34. The van der Waals surface area contributed by atoms with Gasteiger partial charge in [-0.15, -0.1) is 0 Å². The van der Waals surface area contributed by atoms with Crippen molar-refractivity contribution in [1.82, 2.24) is 4.90 Å². The Morgan fingerprint density at radius 3 is 2.60 bits per heavy atom. The Labute approximate surface area is 119 Å². The summed E-state index contributed by atoms with van der Waals surface area (Å²) in [5.74, 6) is -0.515. The first-order valence-corrected chi connectivity index (χ1v) is 7.09. The van der Waals surface area contributed by atoms with Crippen LogP contribution in [-0.2, 0) is 19.1 Å². The third-order valence-electron chi connectivity index (χ3n) is 4.18.